The van der Waals surface area contributed by atoms with Crippen molar-refractivity contribution in [2.24, 2.45) is 0 Å². The van der Waals surface area contributed by atoms with Gasteiger partial charge >= 0.3 is 6.18 Å². The number of benzene rings is 1. The monoisotopic (exact) mass is 334 g/mol. The van der Waals surface area contributed by atoms with Crippen molar-refractivity contribution in [2.75, 3.05) is 13.1 Å². The molecule has 1 aliphatic heterocycles. The molecule has 0 bridgehead atoms. The highest BCUT2D eigenvalue weighted by Gasteiger charge is 2.31. The molecular weight excluding hydrogens is 317 g/mol. The predicted octanol–water partition coefficient (Wildman–Crippen LogP) is 4.12. The van der Waals surface area contributed by atoms with Gasteiger partial charge in [-0.25, -0.2) is 0 Å². The molecule has 0 aliphatic carbocycles. The Bertz CT molecular complexity index is 690. The number of hydrogen-bond acceptors (Lipinski definition) is 2. The maximum atomic E-state index is 12.6. The fourth-order valence-electron chi connectivity index (χ4n) is 3.02. The van der Waals surface area contributed by atoms with Crippen molar-refractivity contribution in [1.82, 2.24) is 9.88 Å². The molecule has 0 unspecified atom stereocenters. The molecule has 3 rings (SSSR count). The predicted molar refractivity (Wildman–Crippen MR) is 83.6 cm³/mol. The van der Waals surface area contributed by atoms with Crippen LogP contribution < -0.4 is 0 Å². The number of aromatic nitrogens is 1. The molecule has 126 valence electrons. The number of pyridine rings is 1. The average Bonchev–Trinajstić information content (AvgIpc) is 2.61. The summed E-state index contributed by atoms with van der Waals surface area (Å²) in [5.74, 6) is 0.156. The van der Waals surface area contributed by atoms with E-state index in [0.29, 0.717) is 24.6 Å². The largest absolute Gasteiger partial charge is 0.416 e. The number of halogens is 3. The number of amides is 1. The zero-order valence-electron chi connectivity index (χ0n) is 13.0. The van der Waals surface area contributed by atoms with E-state index in [1.807, 2.05) is 18.3 Å². The van der Waals surface area contributed by atoms with Gasteiger partial charge in [0.1, 0.15) is 0 Å². The number of rotatable bonds is 2. The lowest BCUT2D eigenvalue weighted by Gasteiger charge is -2.32. The van der Waals surface area contributed by atoms with Crippen molar-refractivity contribution in [2.45, 2.75) is 24.9 Å². The molecule has 1 amide bonds. The third kappa shape index (κ3) is 3.58. The highest BCUT2D eigenvalue weighted by Crippen LogP contribution is 2.30. The van der Waals surface area contributed by atoms with Gasteiger partial charge in [-0.3, -0.25) is 9.78 Å². The van der Waals surface area contributed by atoms with Crippen LogP contribution in [0.5, 0.6) is 0 Å². The number of likely N-dealkylation sites (tertiary alicyclic amines) is 1. The quantitative estimate of drug-likeness (QED) is 0.828. The number of alkyl halides is 3. The second kappa shape index (κ2) is 6.63. The molecule has 3 nitrogen and oxygen atoms in total. The summed E-state index contributed by atoms with van der Waals surface area (Å²) in [6.07, 6.45) is 0.852. The lowest BCUT2D eigenvalue weighted by Crippen LogP contribution is -2.37. The normalized spacial score (nSPS) is 16.2. The lowest BCUT2D eigenvalue weighted by molar-refractivity contribution is -0.137. The first kappa shape index (κ1) is 16.5. The van der Waals surface area contributed by atoms with Crippen LogP contribution in [-0.4, -0.2) is 28.9 Å². The minimum atomic E-state index is -4.39. The molecule has 1 aromatic heterocycles. The van der Waals surface area contributed by atoms with Crippen LogP contribution in [0, 0.1) is 0 Å². The molecule has 1 aromatic carbocycles. The second-order valence-corrected chi connectivity index (χ2v) is 5.93. The first-order chi connectivity index (χ1) is 11.4. The van der Waals surface area contributed by atoms with Gasteiger partial charge in [0.2, 0.25) is 0 Å². The topological polar surface area (TPSA) is 33.2 Å². The first-order valence-electron chi connectivity index (χ1n) is 7.81. The Hall–Kier alpha value is -2.37. The molecule has 1 saturated heterocycles. The van der Waals surface area contributed by atoms with Gasteiger partial charge in [0.25, 0.3) is 5.91 Å². The molecule has 2 aromatic rings. The van der Waals surface area contributed by atoms with Crippen LogP contribution in [0.3, 0.4) is 0 Å². The van der Waals surface area contributed by atoms with Crippen LogP contribution >= 0.6 is 0 Å². The summed E-state index contributed by atoms with van der Waals surface area (Å²) in [5.41, 5.74) is 0.719. The van der Waals surface area contributed by atoms with Crippen molar-refractivity contribution in [1.29, 1.82) is 0 Å². The van der Waals surface area contributed by atoms with E-state index in [4.69, 9.17) is 0 Å². The van der Waals surface area contributed by atoms with Crippen molar-refractivity contribution in [3.63, 3.8) is 0 Å². The van der Waals surface area contributed by atoms with Crippen molar-refractivity contribution in [3.8, 4) is 0 Å². The Balaban J connectivity index is 1.63. The SMILES string of the molecule is O=C(c1ccc(C(F)(F)F)cc1)N1CCC(c2cccnc2)CC1. The molecule has 0 spiro atoms. The molecular formula is C18H17F3N2O. The molecule has 0 saturated carbocycles. The smallest absolute Gasteiger partial charge is 0.339 e. The first-order valence-corrected chi connectivity index (χ1v) is 7.81. The van der Waals surface area contributed by atoms with Crippen LogP contribution in [0.15, 0.2) is 48.8 Å². The van der Waals surface area contributed by atoms with E-state index >= 15 is 0 Å². The molecule has 0 radical (unpaired) electrons. The standard InChI is InChI=1S/C18H17F3N2O/c19-18(20,21)16-5-3-14(4-6-16)17(24)23-10-7-13(8-11-23)15-2-1-9-22-12-15/h1-6,9,12-13H,7-8,10-11H2. The van der Waals surface area contributed by atoms with E-state index in [-0.39, 0.29) is 5.91 Å². The molecule has 1 fully saturated rings. The third-order valence-corrected chi connectivity index (χ3v) is 4.40. The molecule has 0 atom stereocenters. The van der Waals surface area contributed by atoms with Gasteiger partial charge in [-0.2, -0.15) is 13.2 Å². The summed E-state index contributed by atoms with van der Waals surface area (Å²) in [4.78, 5) is 18.3. The fraction of sp³-hybridized carbons (Fsp3) is 0.333. The van der Waals surface area contributed by atoms with Crippen LogP contribution in [0.25, 0.3) is 0 Å². The Morgan fingerprint density at radius 1 is 1.08 bits per heavy atom. The highest BCUT2D eigenvalue weighted by molar-refractivity contribution is 5.94. The van der Waals surface area contributed by atoms with Crippen molar-refractivity contribution >= 4 is 5.91 Å². The van der Waals surface area contributed by atoms with Crippen molar-refractivity contribution in [3.05, 3.63) is 65.5 Å². The van der Waals surface area contributed by atoms with Crippen LogP contribution in [0.2, 0.25) is 0 Å². The highest BCUT2D eigenvalue weighted by atomic mass is 19.4. The number of carbonyl (C=O) groups is 1. The molecule has 24 heavy (non-hydrogen) atoms. The number of nitrogens with zero attached hydrogens (tertiary/aromatic N) is 2. The number of carbonyl (C=O) groups excluding carboxylic acids is 1. The average molecular weight is 334 g/mol. The van der Waals surface area contributed by atoms with Gasteiger partial charge in [-0.1, -0.05) is 6.07 Å². The molecule has 6 heteroatoms. The third-order valence-electron chi connectivity index (χ3n) is 4.40. The van der Waals surface area contributed by atoms with Gasteiger partial charge in [0.15, 0.2) is 0 Å². The van der Waals surface area contributed by atoms with Crippen LogP contribution in [0.1, 0.15) is 40.2 Å². The van der Waals surface area contributed by atoms with Gasteiger partial charge in [0.05, 0.1) is 5.56 Å². The minimum Gasteiger partial charge on any atom is -0.339 e. The Morgan fingerprint density at radius 2 is 1.75 bits per heavy atom. The van der Waals surface area contributed by atoms with E-state index in [1.54, 1.807) is 11.1 Å². The Kier molecular flexibility index (Phi) is 4.55. The fourth-order valence-corrected chi connectivity index (χ4v) is 3.02. The summed E-state index contributed by atoms with van der Waals surface area (Å²) < 4.78 is 37.7. The van der Waals surface area contributed by atoms with Gasteiger partial charge in [0, 0.05) is 31.0 Å². The van der Waals surface area contributed by atoms with Gasteiger partial charge in [-0.15, -0.1) is 0 Å². The zero-order valence-corrected chi connectivity index (χ0v) is 13.0. The molecule has 2 heterocycles. The van der Waals surface area contributed by atoms with Gasteiger partial charge < -0.3 is 4.90 Å². The summed E-state index contributed by atoms with van der Waals surface area (Å²) in [5, 5.41) is 0. The van der Waals surface area contributed by atoms with E-state index in [9.17, 15) is 18.0 Å². The van der Waals surface area contributed by atoms with E-state index in [0.717, 1.165) is 25.0 Å². The van der Waals surface area contributed by atoms with Crippen LogP contribution in [0.4, 0.5) is 13.2 Å². The minimum absolute atomic E-state index is 0.214. The lowest BCUT2D eigenvalue weighted by atomic mass is 9.90. The van der Waals surface area contributed by atoms with Gasteiger partial charge in [-0.05, 0) is 54.7 Å². The summed E-state index contributed by atoms with van der Waals surface area (Å²) >= 11 is 0. The maximum absolute atomic E-state index is 12.6. The number of piperidine rings is 1. The molecule has 0 N–H and O–H groups in total. The number of hydrogen-bond donors (Lipinski definition) is 0. The Labute approximate surface area is 138 Å². The van der Waals surface area contributed by atoms with Crippen LogP contribution in [-0.2, 0) is 6.18 Å². The van der Waals surface area contributed by atoms with E-state index < -0.39 is 11.7 Å². The summed E-state index contributed by atoms with van der Waals surface area (Å²) in [7, 11) is 0. The maximum Gasteiger partial charge on any atom is 0.416 e. The zero-order chi connectivity index (χ0) is 17.2. The van der Waals surface area contributed by atoms with E-state index in [2.05, 4.69) is 4.98 Å². The molecule has 1 aliphatic rings. The second-order valence-electron chi connectivity index (χ2n) is 5.93. The summed E-state index contributed by atoms with van der Waals surface area (Å²) in [6, 6.07) is 8.34. The van der Waals surface area contributed by atoms with Crippen molar-refractivity contribution < 1.29 is 18.0 Å². The van der Waals surface area contributed by atoms with E-state index in [1.165, 1.54) is 17.7 Å². The summed E-state index contributed by atoms with van der Waals surface area (Å²) in [6.45, 7) is 1.19. The Morgan fingerprint density at radius 3 is 2.29 bits per heavy atom.